The number of carbonyl (C=O) groups is 1. The van der Waals surface area contributed by atoms with Crippen molar-refractivity contribution in [3.8, 4) is 0 Å². The predicted octanol–water partition coefficient (Wildman–Crippen LogP) is 1.65. The standard InChI is InChI=1S/C9H5FNO/c10-9-3-1-2-7(4-9)8(5-11)6-12/h1-4,6H/q-1. The number of hydrogen-bond acceptors (Lipinski definition) is 1. The summed E-state index contributed by atoms with van der Waals surface area (Å²) in [5.74, 6) is 1.22. The molecule has 1 rings (SSSR count). The number of rotatable bonds is 2. The highest BCUT2D eigenvalue weighted by Gasteiger charge is 1.97. The van der Waals surface area contributed by atoms with Crippen molar-refractivity contribution in [2.75, 3.05) is 0 Å². The Kier molecular flexibility index (Phi) is 2.51. The molecule has 1 aromatic rings. The summed E-state index contributed by atoms with van der Waals surface area (Å²) >= 11 is 0. The van der Waals surface area contributed by atoms with E-state index in [4.69, 9.17) is 5.41 Å². The SMILES string of the molecule is [N-]=C=C(C=O)c1cccc(F)c1. The Labute approximate surface area is 68.8 Å². The molecule has 0 spiro atoms. The van der Waals surface area contributed by atoms with Gasteiger partial charge in [0.2, 0.25) is 0 Å². The van der Waals surface area contributed by atoms with E-state index in [9.17, 15) is 9.18 Å². The van der Waals surface area contributed by atoms with Crippen molar-refractivity contribution >= 4 is 17.7 Å². The number of nitrogens with zero attached hydrogens (tertiary/aromatic N) is 1. The van der Waals surface area contributed by atoms with Gasteiger partial charge in [0.1, 0.15) is 5.82 Å². The fourth-order valence-electron chi connectivity index (χ4n) is 0.815. The predicted molar refractivity (Wildman–Crippen MR) is 44.2 cm³/mol. The first-order valence-corrected chi connectivity index (χ1v) is 3.26. The van der Waals surface area contributed by atoms with Crippen LogP contribution in [-0.4, -0.2) is 12.2 Å². The quantitative estimate of drug-likeness (QED) is 0.370. The molecular weight excluding hydrogens is 157 g/mol. The van der Waals surface area contributed by atoms with Gasteiger partial charge in [-0.1, -0.05) is 12.1 Å². The van der Waals surface area contributed by atoms with Gasteiger partial charge in [-0.2, -0.15) is 0 Å². The Morgan fingerprint density at radius 2 is 2.33 bits per heavy atom. The molecular formula is C9H5FNO-. The molecule has 0 aliphatic carbocycles. The van der Waals surface area contributed by atoms with Gasteiger partial charge >= 0.3 is 0 Å². The summed E-state index contributed by atoms with van der Waals surface area (Å²) in [6, 6.07) is 5.36. The summed E-state index contributed by atoms with van der Waals surface area (Å²) in [6.07, 6.45) is 0.411. The van der Waals surface area contributed by atoms with Crippen molar-refractivity contribution in [3.63, 3.8) is 0 Å². The van der Waals surface area contributed by atoms with E-state index < -0.39 is 5.82 Å². The van der Waals surface area contributed by atoms with Crippen LogP contribution in [0.2, 0.25) is 0 Å². The van der Waals surface area contributed by atoms with E-state index in [0.29, 0.717) is 11.8 Å². The molecule has 0 amide bonds. The van der Waals surface area contributed by atoms with E-state index in [2.05, 4.69) is 0 Å². The molecule has 60 valence electrons. The number of aldehydes is 1. The van der Waals surface area contributed by atoms with Crippen LogP contribution in [0.4, 0.5) is 4.39 Å². The van der Waals surface area contributed by atoms with Gasteiger partial charge in [-0.3, -0.25) is 10.7 Å². The van der Waals surface area contributed by atoms with E-state index in [0.717, 1.165) is 6.07 Å². The Hall–Kier alpha value is -1.73. The first-order chi connectivity index (χ1) is 5.77. The lowest BCUT2D eigenvalue weighted by atomic mass is 10.1. The third-order valence-electron chi connectivity index (χ3n) is 1.37. The van der Waals surface area contributed by atoms with Crippen LogP contribution in [-0.2, 0) is 4.79 Å². The normalized spacial score (nSPS) is 8.75. The van der Waals surface area contributed by atoms with Crippen molar-refractivity contribution in [3.05, 3.63) is 41.1 Å². The summed E-state index contributed by atoms with van der Waals surface area (Å²) in [7, 11) is 0. The maximum absolute atomic E-state index is 12.6. The van der Waals surface area contributed by atoms with Crippen LogP contribution in [0.3, 0.4) is 0 Å². The van der Waals surface area contributed by atoms with Crippen LogP contribution in [0.5, 0.6) is 0 Å². The summed E-state index contributed by atoms with van der Waals surface area (Å²) in [4.78, 5) is 10.3. The van der Waals surface area contributed by atoms with Crippen LogP contribution >= 0.6 is 0 Å². The maximum Gasteiger partial charge on any atom is 0.156 e. The van der Waals surface area contributed by atoms with E-state index in [1.807, 2.05) is 0 Å². The monoisotopic (exact) mass is 162 g/mol. The molecule has 0 saturated carbocycles. The number of hydrogen-bond donors (Lipinski definition) is 0. The Morgan fingerprint density at radius 3 is 2.83 bits per heavy atom. The van der Waals surface area contributed by atoms with E-state index in [-0.39, 0.29) is 5.57 Å². The summed E-state index contributed by atoms with van der Waals surface area (Å²) in [6.45, 7) is 0. The second-order valence-corrected chi connectivity index (χ2v) is 2.15. The zero-order valence-corrected chi connectivity index (χ0v) is 6.12. The summed E-state index contributed by atoms with van der Waals surface area (Å²) in [5, 5.41) is 8.43. The third-order valence-corrected chi connectivity index (χ3v) is 1.37. The fourth-order valence-corrected chi connectivity index (χ4v) is 0.815. The van der Waals surface area contributed by atoms with Gasteiger partial charge in [-0.25, -0.2) is 4.39 Å². The average Bonchev–Trinajstić information content (AvgIpc) is 2.07. The van der Waals surface area contributed by atoms with Gasteiger partial charge in [0, 0.05) is 5.57 Å². The van der Waals surface area contributed by atoms with E-state index in [1.165, 1.54) is 18.2 Å². The highest BCUT2D eigenvalue weighted by Crippen LogP contribution is 2.10. The number of allylic oxidation sites excluding steroid dienone is 1. The molecule has 0 aliphatic rings. The lowest BCUT2D eigenvalue weighted by Gasteiger charge is -1.97. The van der Waals surface area contributed by atoms with Crippen molar-refractivity contribution in [1.82, 2.24) is 0 Å². The second-order valence-electron chi connectivity index (χ2n) is 2.15. The second kappa shape index (κ2) is 3.60. The molecule has 1 aromatic carbocycles. The van der Waals surface area contributed by atoms with E-state index >= 15 is 0 Å². The van der Waals surface area contributed by atoms with E-state index in [1.54, 1.807) is 5.87 Å². The minimum absolute atomic E-state index is 0.0606. The largest absolute Gasteiger partial charge is 0.763 e. The third kappa shape index (κ3) is 1.65. The molecule has 0 bridgehead atoms. The Morgan fingerprint density at radius 1 is 1.58 bits per heavy atom. The molecule has 0 radical (unpaired) electrons. The highest BCUT2D eigenvalue weighted by molar-refractivity contribution is 6.19. The van der Waals surface area contributed by atoms with Crippen LogP contribution < -0.4 is 0 Å². The topological polar surface area (TPSA) is 39.4 Å². The van der Waals surface area contributed by atoms with Gasteiger partial charge in [-0.05, 0) is 17.7 Å². The minimum Gasteiger partial charge on any atom is -0.763 e. The van der Waals surface area contributed by atoms with Crippen LogP contribution in [0.15, 0.2) is 24.3 Å². The molecule has 0 unspecified atom stereocenters. The zero-order valence-electron chi connectivity index (χ0n) is 6.12. The number of benzene rings is 1. The lowest BCUT2D eigenvalue weighted by molar-refractivity contribution is -0.103. The van der Waals surface area contributed by atoms with Crippen LogP contribution in [0, 0.1) is 5.82 Å². The molecule has 2 nitrogen and oxygen atoms in total. The smallest absolute Gasteiger partial charge is 0.156 e. The molecule has 0 aliphatic heterocycles. The maximum atomic E-state index is 12.6. The molecule has 0 N–H and O–H groups in total. The Balaban J connectivity index is 3.19. The summed E-state index contributed by atoms with van der Waals surface area (Å²) < 4.78 is 12.6. The van der Waals surface area contributed by atoms with Gasteiger partial charge < -0.3 is 5.41 Å². The number of carbonyl (C=O) groups excluding carboxylic acids is 1. The zero-order chi connectivity index (χ0) is 8.97. The minimum atomic E-state index is -0.456. The lowest BCUT2D eigenvalue weighted by Crippen LogP contribution is -1.86. The van der Waals surface area contributed by atoms with Gasteiger partial charge in [0.15, 0.2) is 6.29 Å². The number of halogens is 1. The summed E-state index contributed by atoms with van der Waals surface area (Å²) in [5.41, 5.74) is 0.252. The van der Waals surface area contributed by atoms with Crippen molar-refractivity contribution in [2.24, 2.45) is 0 Å². The molecule has 0 saturated heterocycles. The molecule has 0 fully saturated rings. The first kappa shape index (κ1) is 8.37. The van der Waals surface area contributed by atoms with Crippen LogP contribution in [0.1, 0.15) is 5.56 Å². The van der Waals surface area contributed by atoms with Gasteiger partial charge in [0.05, 0.1) is 0 Å². The highest BCUT2D eigenvalue weighted by atomic mass is 19.1. The van der Waals surface area contributed by atoms with Gasteiger partial charge in [0.25, 0.3) is 0 Å². The fraction of sp³-hybridized carbons (Fsp3) is 0. The van der Waals surface area contributed by atoms with Gasteiger partial charge in [-0.15, -0.1) is 0 Å². The molecule has 3 heteroatoms. The van der Waals surface area contributed by atoms with Crippen molar-refractivity contribution in [2.45, 2.75) is 0 Å². The molecule has 12 heavy (non-hydrogen) atoms. The van der Waals surface area contributed by atoms with Crippen molar-refractivity contribution < 1.29 is 9.18 Å². The first-order valence-electron chi connectivity index (χ1n) is 3.26. The Bertz CT molecular complexity index is 353. The molecule has 0 atom stereocenters. The molecule has 0 aromatic heterocycles. The molecule has 0 heterocycles. The average molecular weight is 162 g/mol. The van der Waals surface area contributed by atoms with Crippen molar-refractivity contribution in [1.29, 1.82) is 0 Å². The van der Waals surface area contributed by atoms with Crippen LogP contribution in [0.25, 0.3) is 11.0 Å².